The fraction of sp³-hybridized carbons (Fsp3) is 0.0800. The van der Waals surface area contributed by atoms with E-state index in [0.717, 1.165) is 11.3 Å². The number of hydrogen-bond donors (Lipinski definition) is 1. The van der Waals surface area contributed by atoms with Crippen molar-refractivity contribution in [3.05, 3.63) is 95.6 Å². The van der Waals surface area contributed by atoms with Crippen molar-refractivity contribution < 1.29 is 14.3 Å². The van der Waals surface area contributed by atoms with Gasteiger partial charge >= 0.3 is 6.09 Å². The predicted molar refractivity (Wildman–Crippen MR) is 127 cm³/mol. The minimum absolute atomic E-state index is 0.326. The molecule has 0 bridgehead atoms. The molecular formula is C25H19ClN4O3. The second kappa shape index (κ2) is 8.80. The summed E-state index contributed by atoms with van der Waals surface area (Å²) >= 11 is 6.02. The number of aromatic nitrogens is 2. The third-order valence-electron chi connectivity index (χ3n) is 5.26. The number of para-hydroxylation sites is 1. The molecule has 0 spiro atoms. The molecule has 8 heteroatoms. The quantitative estimate of drug-likeness (QED) is 0.434. The Labute approximate surface area is 195 Å². The van der Waals surface area contributed by atoms with Gasteiger partial charge in [-0.05, 0) is 48.5 Å². The van der Waals surface area contributed by atoms with Crippen LogP contribution in [0.25, 0.3) is 16.9 Å². The van der Waals surface area contributed by atoms with Crippen LogP contribution in [0.4, 0.5) is 16.2 Å². The molecule has 0 unspecified atom stereocenters. The van der Waals surface area contributed by atoms with Gasteiger partial charge in [0.1, 0.15) is 12.3 Å². The van der Waals surface area contributed by atoms with Crippen LogP contribution >= 0.6 is 11.6 Å². The molecule has 0 saturated carbocycles. The van der Waals surface area contributed by atoms with Crippen LogP contribution in [-0.4, -0.2) is 34.9 Å². The summed E-state index contributed by atoms with van der Waals surface area (Å²) in [6, 6.07) is 25.6. The van der Waals surface area contributed by atoms with Crippen molar-refractivity contribution in [1.29, 1.82) is 0 Å². The summed E-state index contributed by atoms with van der Waals surface area (Å²) in [4.78, 5) is 26.7. The van der Waals surface area contributed by atoms with Crippen LogP contribution in [0.1, 0.15) is 10.5 Å². The van der Waals surface area contributed by atoms with Gasteiger partial charge in [0.2, 0.25) is 0 Å². The molecule has 33 heavy (non-hydrogen) atoms. The van der Waals surface area contributed by atoms with Crippen molar-refractivity contribution in [2.75, 3.05) is 23.4 Å². The van der Waals surface area contributed by atoms with E-state index >= 15 is 0 Å². The molecule has 1 aliphatic heterocycles. The van der Waals surface area contributed by atoms with Gasteiger partial charge in [0.15, 0.2) is 0 Å². The van der Waals surface area contributed by atoms with E-state index in [9.17, 15) is 9.59 Å². The summed E-state index contributed by atoms with van der Waals surface area (Å²) in [5.41, 5.74) is 3.85. The van der Waals surface area contributed by atoms with Crippen LogP contribution < -0.4 is 10.2 Å². The minimum atomic E-state index is -0.395. The number of cyclic esters (lactones) is 1. The molecule has 5 rings (SSSR count). The highest BCUT2D eigenvalue weighted by Gasteiger charge is 2.24. The van der Waals surface area contributed by atoms with Crippen molar-refractivity contribution in [3.63, 3.8) is 0 Å². The van der Waals surface area contributed by atoms with Crippen molar-refractivity contribution >= 4 is 35.0 Å². The third-order valence-corrected chi connectivity index (χ3v) is 5.51. The maximum absolute atomic E-state index is 13.3. The maximum Gasteiger partial charge on any atom is 0.414 e. The molecule has 0 radical (unpaired) electrons. The number of benzene rings is 3. The first-order valence-electron chi connectivity index (χ1n) is 10.4. The van der Waals surface area contributed by atoms with Crippen LogP contribution in [-0.2, 0) is 4.74 Å². The van der Waals surface area contributed by atoms with E-state index in [2.05, 4.69) is 10.4 Å². The zero-order chi connectivity index (χ0) is 22.8. The van der Waals surface area contributed by atoms with Crippen LogP contribution in [0.15, 0.2) is 84.9 Å². The largest absolute Gasteiger partial charge is 0.447 e. The van der Waals surface area contributed by atoms with Gasteiger partial charge in [-0.1, -0.05) is 48.0 Å². The molecule has 1 aromatic heterocycles. The van der Waals surface area contributed by atoms with Crippen LogP contribution in [0.3, 0.4) is 0 Å². The number of nitrogens with one attached hydrogen (secondary N) is 1. The first-order valence-corrected chi connectivity index (χ1v) is 10.7. The van der Waals surface area contributed by atoms with E-state index in [1.54, 1.807) is 47.1 Å². The smallest absolute Gasteiger partial charge is 0.414 e. The fourth-order valence-corrected chi connectivity index (χ4v) is 3.77. The molecule has 3 aromatic carbocycles. The Bertz CT molecular complexity index is 1320. The Morgan fingerprint density at radius 2 is 1.70 bits per heavy atom. The Morgan fingerprint density at radius 3 is 2.42 bits per heavy atom. The van der Waals surface area contributed by atoms with Gasteiger partial charge in [-0.2, -0.15) is 5.10 Å². The molecule has 164 valence electrons. The number of anilines is 2. The van der Waals surface area contributed by atoms with Crippen LogP contribution in [0.2, 0.25) is 5.02 Å². The standard InChI is InChI=1S/C25H19ClN4O3/c26-18-11-9-17(10-12-18)22-16-23(30(28-22)20-6-2-1-3-7-20)24(31)27-19-5-4-8-21(15-19)29-13-14-33-25(29)32/h1-12,15-16H,13-14H2,(H,27,31). The van der Waals surface area contributed by atoms with Crippen molar-refractivity contribution in [2.24, 2.45) is 0 Å². The molecule has 1 fully saturated rings. The molecule has 1 aliphatic rings. The highest BCUT2D eigenvalue weighted by Crippen LogP contribution is 2.26. The van der Waals surface area contributed by atoms with Crippen molar-refractivity contribution in [2.45, 2.75) is 0 Å². The monoisotopic (exact) mass is 458 g/mol. The zero-order valence-corrected chi connectivity index (χ0v) is 18.2. The van der Waals surface area contributed by atoms with Crippen molar-refractivity contribution in [1.82, 2.24) is 9.78 Å². The Morgan fingerprint density at radius 1 is 0.939 bits per heavy atom. The number of ether oxygens (including phenoxy) is 1. The lowest BCUT2D eigenvalue weighted by molar-refractivity contribution is 0.101. The van der Waals surface area contributed by atoms with Gasteiger partial charge in [0, 0.05) is 22.0 Å². The molecule has 2 amide bonds. The molecule has 1 saturated heterocycles. The summed E-state index contributed by atoms with van der Waals surface area (Å²) in [6.07, 6.45) is -0.395. The average molecular weight is 459 g/mol. The lowest BCUT2D eigenvalue weighted by atomic mass is 10.1. The Hall–Kier alpha value is -4.10. The zero-order valence-electron chi connectivity index (χ0n) is 17.4. The summed E-state index contributed by atoms with van der Waals surface area (Å²) in [5, 5.41) is 8.22. The number of amides is 2. The van der Waals surface area contributed by atoms with E-state index in [0.29, 0.717) is 40.9 Å². The SMILES string of the molecule is O=C(Nc1cccc(N2CCOC2=O)c1)c1cc(-c2ccc(Cl)cc2)nn1-c1ccccc1. The predicted octanol–water partition coefficient (Wildman–Crippen LogP) is 5.40. The van der Waals surface area contributed by atoms with Gasteiger partial charge in [-0.3, -0.25) is 9.69 Å². The van der Waals surface area contributed by atoms with E-state index in [1.807, 2.05) is 42.5 Å². The van der Waals surface area contributed by atoms with Gasteiger partial charge in [-0.25, -0.2) is 9.48 Å². The lowest BCUT2D eigenvalue weighted by Gasteiger charge is -2.14. The second-order valence-electron chi connectivity index (χ2n) is 7.44. The molecule has 0 aliphatic carbocycles. The van der Waals surface area contributed by atoms with Gasteiger partial charge in [-0.15, -0.1) is 0 Å². The molecule has 0 atom stereocenters. The highest BCUT2D eigenvalue weighted by atomic mass is 35.5. The highest BCUT2D eigenvalue weighted by molar-refractivity contribution is 6.30. The number of hydrogen-bond acceptors (Lipinski definition) is 4. The summed E-state index contributed by atoms with van der Waals surface area (Å²) in [7, 11) is 0. The Kier molecular flexibility index (Phi) is 5.54. The molecule has 1 N–H and O–H groups in total. The van der Waals surface area contributed by atoms with Gasteiger partial charge in [0.25, 0.3) is 5.91 Å². The number of halogens is 1. The van der Waals surface area contributed by atoms with Gasteiger partial charge < -0.3 is 10.1 Å². The topological polar surface area (TPSA) is 76.5 Å². The van der Waals surface area contributed by atoms with E-state index < -0.39 is 6.09 Å². The maximum atomic E-state index is 13.3. The molecular weight excluding hydrogens is 440 g/mol. The van der Waals surface area contributed by atoms with E-state index in [1.165, 1.54) is 4.90 Å². The first-order chi connectivity index (χ1) is 16.1. The van der Waals surface area contributed by atoms with Crippen molar-refractivity contribution in [3.8, 4) is 16.9 Å². The summed E-state index contributed by atoms with van der Waals surface area (Å²) < 4.78 is 6.62. The van der Waals surface area contributed by atoms with Crippen LogP contribution in [0.5, 0.6) is 0 Å². The average Bonchev–Trinajstić information content (AvgIpc) is 3.47. The number of rotatable bonds is 5. The molecule has 2 heterocycles. The summed E-state index contributed by atoms with van der Waals surface area (Å²) in [5.74, 6) is -0.326. The first kappa shape index (κ1) is 20.8. The van der Waals surface area contributed by atoms with Gasteiger partial charge in [0.05, 0.1) is 17.9 Å². The number of carbonyl (C=O) groups excluding carboxylic acids is 2. The third kappa shape index (κ3) is 4.31. The fourth-order valence-electron chi connectivity index (χ4n) is 3.65. The van der Waals surface area contributed by atoms with E-state index in [-0.39, 0.29) is 5.91 Å². The summed E-state index contributed by atoms with van der Waals surface area (Å²) in [6.45, 7) is 0.820. The molecule has 4 aromatic rings. The molecule has 7 nitrogen and oxygen atoms in total. The van der Waals surface area contributed by atoms with Crippen LogP contribution in [0, 0.1) is 0 Å². The number of nitrogens with zero attached hydrogens (tertiary/aromatic N) is 3. The van der Waals surface area contributed by atoms with E-state index in [4.69, 9.17) is 16.3 Å². The normalized spacial score (nSPS) is 13.1. The lowest BCUT2D eigenvalue weighted by Crippen LogP contribution is -2.23. The number of carbonyl (C=O) groups is 2. The second-order valence-corrected chi connectivity index (χ2v) is 7.88. The minimum Gasteiger partial charge on any atom is -0.447 e. The Balaban J connectivity index is 1.48.